The Hall–Kier alpha value is -0.780. The zero-order valence-corrected chi connectivity index (χ0v) is 9.22. The molecule has 0 aliphatic rings. The van der Waals surface area contributed by atoms with E-state index in [9.17, 15) is 0 Å². The average Bonchev–Trinajstić information content (AvgIpc) is 2.04. The van der Waals surface area contributed by atoms with Crippen LogP contribution >= 0.6 is 0 Å². The van der Waals surface area contributed by atoms with E-state index in [4.69, 9.17) is 0 Å². The van der Waals surface area contributed by atoms with Crippen molar-refractivity contribution < 1.29 is 0 Å². The summed E-state index contributed by atoms with van der Waals surface area (Å²) in [5.41, 5.74) is 1.42. The van der Waals surface area contributed by atoms with Gasteiger partial charge in [-0.3, -0.25) is 0 Å². The minimum Gasteiger partial charge on any atom is -0.0991 e. The summed E-state index contributed by atoms with van der Waals surface area (Å²) in [6.45, 7) is 10.3. The molecule has 0 nitrogen and oxygen atoms in total. The lowest BCUT2D eigenvalue weighted by Crippen LogP contribution is -1.91. The van der Waals surface area contributed by atoms with E-state index in [2.05, 4.69) is 39.5 Å². The second-order valence-electron chi connectivity index (χ2n) is 3.86. The molecule has 1 atom stereocenters. The van der Waals surface area contributed by atoms with Crippen molar-refractivity contribution >= 4 is 0 Å². The van der Waals surface area contributed by atoms with Crippen LogP contribution in [0.4, 0.5) is 0 Å². The van der Waals surface area contributed by atoms with Crippen LogP contribution in [0.1, 0.15) is 40.0 Å². The lowest BCUT2D eigenvalue weighted by atomic mass is 10.0. The van der Waals surface area contributed by atoms with Crippen molar-refractivity contribution in [2.45, 2.75) is 40.0 Å². The van der Waals surface area contributed by atoms with Crippen molar-refractivity contribution in [3.8, 4) is 0 Å². The van der Waals surface area contributed by atoms with Crippen molar-refractivity contribution in [2.24, 2.45) is 5.92 Å². The fourth-order valence-electron chi connectivity index (χ4n) is 1.18. The van der Waals surface area contributed by atoms with E-state index >= 15 is 0 Å². The predicted octanol–water partition coefficient (Wildman–Crippen LogP) is 4.50. The summed E-state index contributed by atoms with van der Waals surface area (Å²) in [6.07, 6.45) is 12.0. The van der Waals surface area contributed by atoms with Crippen LogP contribution in [0.2, 0.25) is 0 Å². The van der Waals surface area contributed by atoms with Crippen LogP contribution in [0, 0.1) is 5.92 Å². The van der Waals surface area contributed by atoms with E-state index < -0.39 is 0 Å². The van der Waals surface area contributed by atoms with E-state index in [0.717, 1.165) is 5.92 Å². The minimum absolute atomic E-state index is 0.784. The maximum absolute atomic E-state index is 3.65. The third kappa shape index (κ3) is 9.13. The van der Waals surface area contributed by atoms with Crippen LogP contribution in [-0.4, -0.2) is 0 Å². The summed E-state index contributed by atoms with van der Waals surface area (Å²) in [5, 5.41) is 0. The molecule has 74 valence electrons. The Kier molecular flexibility index (Phi) is 7.38. The van der Waals surface area contributed by atoms with Crippen LogP contribution < -0.4 is 0 Å². The first kappa shape index (κ1) is 12.2. The van der Waals surface area contributed by atoms with E-state index in [1.165, 1.54) is 24.8 Å². The third-order valence-corrected chi connectivity index (χ3v) is 2.02. The Morgan fingerprint density at radius 3 is 2.62 bits per heavy atom. The number of hydrogen-bond acceptors (Lipinski definition) is 0. The van der Waals surface area contributed by atoms with Crippen molar-refractivity contribution in [2.75, 3.05) is 0 Å². The SMILES string of the molecule is C=C/C=C/CC(C)CCC=C(C)C. The van der Waals surface area contributed by atoms with Gasteiger partial charge in [-0.15, -0.1) is 0 Å². The first-order valence-electron chi connectivity index (χ1n) is 5.07. The Morgan fingerprint density at radius 1 is 1.38 bits per heavy atom. The van der Waals surface area contributed by atoms with Gasteiger partial charge in [-0.2, -0.15) is 0 Å². The molecule has 0 amide bonds. The molecule has 0 fully saturated rings. The number of hydrogen-bond donors (Lipinski definition) is 0. The first-order valence-corrected chi connectivity index (χ1v) is 5.07. The minimum atomic E-state index is 0.784. The van der Waals surface area contributed by atoms with Gasteiger partial charge in [-0.1, -0.05) is 43.4 Å². The van der Waals surface area contributed by atoms with Gasteiger partial charge < -0.3 is 0 Å². The van der Waals surface area contributed by atoms with Gasteiger partial charge in [-0.25, -0.2) is 0 Å². The highest BCUT2D eigenvalue weighted by Crippen LogP contribution is 2.12. The molecule has 0 rings (SSSR count). The second kappa shape index (κ2) is 7.85. The molecule has 0 heterocycles. The van der Waals surface area contributed by atoms with Gasteiger partial charge in [0.2, 0.25) is 0 Å². The van der Waals surface area contributed by atoms with Gasteiger partial charge in [0.15, 0.2) is 0 Å². The van der Waals surface area contributed by atoms with E-state index in [0.29, 0.717) is 0 Å². The van der Waals surface area contributed by atoms with Crippen LogP contribution in [-0.2, 0) is 0 Å². The molecule has 0 saturated carbocycles. The first-order chi connectivity index (χ1) is 6.16. The van der Waals surface area contributed by atoms with Gasteiger partial charge >= 0.3 is 0 Å². The molecule has 1 unspecified atom stereocenters. The molecule has 13 heavy (non-hydrogen) atoms. The molecule has 0 spiro atoms. The van der Waals surface area contributed by atoms with Gasteiger partial charge in [-0.05, 0) is 39.0 Å². The van der Waals surface area contributed by atoms with Gasteiger partial charge in [0, 0.05) is 0 Å². The van der Waals surface area contributed by atoms with Crippen molar-refractivity contribution in [3.05, 3.63) is 36.5 Å². The molecule has 0 heteroatoms. The van der Waals surface area contributed by atoms with Crippen molar-refractivity contribution in [1.82, 2.24) is 0 Å². The van der Waals surface area contributed by atoms with Crippen LogP contribution in [0.15, 0.2) is 36.5 Å². The summed E-state index contributed by atoms with van der Waals surface area (Å²) < 4.78 is 0. The van der Waals surface area contributed by atoms with Crippen LogP contribution in [0.3, 0.4) is 0 Å². The monoisotopic (exact) mass is 178 g/mol. The zero-order valence-electron chi connectivity index (χ0n) is 9.22. The summed E-state index contributed by atoms with van der Waals surface area (Å²) in [4.78, 5) is 0. The molecule has 0 bridgehead atoms. The van der Waals surface area contributed by atoms with E-state index in [1.807, 2.05) is 12.2 Å². The molecule has 0 aliphatic carbocycles. The topological polar surface area (TPSA) is 0 Å². The summed E-state index contributed by atoms with van der Waals surface area (Å²) >= 11 is 0. The van der Waals surface area contributed by atoms with E-state index in [-0.39, 0.29) is 0 Å². The van der Waals surface area contributed by atoms with Crippen LogP contribution in [0.5, 0.6) is 0 Å². The maximum Gasteiger partial charge on any atom is -0.0322 e. The summed E-state index contributed by atoms with van der Waals surface area (Å²) in [6, 6.07) is 0. The predicted molar refractivity (Wildman–Crippen MR) is 61.8 cm³/mol. The Morgan fingerprint density at radius 2 is 2.08 bits per heavy atom. The zero-order chi connectivity index (χ0) is 10.1. The molecule has 0 radical (unpaired) electrons. The normalized spacial score (nSPS) is 12.8. The van der Waals surface area contributed by atoms with E-state index in [1.54, 1.807) is 0 Å². The molecule has 0 aromatic carbocycles. The Balaban J connectivity index is 3.51. The van der Waals surface area contributed by atoms with Gasteiger partial charge in [0.05, 0.1) is 0 Å². The standard InChI is InChI=1S/C13H22/c1-5-6-7-10-13(4)11-8-9-12(2)3/h5-7,9,13H,1,8,10-11H2,2-4H3/b7-6+. The fraction of sp³-hybridized carbons (Fsp3) is 0.538. The van der Waals surface area contributed by atoms with Crippen molar-refractivity contribution in [1.29, 1.82) is 0 Å². The number of rotatable bonds is 6. The molecular weight excluding hydrogens is 156 g/mol. The molecule has 0 aliphatic heterocycles. The Labute approximate surface area is 83.0 Å². The summed E-state index contributed by atoms with van der Waals surface area (Å²) in [7, 11) is 0. The lowest BCUT2D eigenvalue weighted by Gasteiger charge is -2.05. The highest BCUT2D eigenvalue weighted by Gasteiger charge is 1.96. The average molecular weight is 178 g/mol. The maximum atomic E-state index is 3.65. The smallest absolute Gasteiger partial charge is 0.0322 e. The largest absolute Gasteiger partial charge is 0.0991 e. The second-order valence-corrected chi connectivity index (χ2v) is 3.86. The van der Waals surface area contributed by atoms with Crippen LogP contribution in [0.25, 0.3) is 0 Å². The number of allylic oxidation sites excluding steroid dienone is 5. The summed E-state index contributed by atoms with van der Waals surface area (Å²) in [5.74, 6) is 0.784. The van der Waals surface area contributed by atoms with Gasteiger partial charge in [0.1, 0.15) is 0 Å². The molecule has 0 aromatic heterocycles. The van der Waals surface area contributed by atoms with Gasteiger partial charge in [0.25, 0.3) is 0 Å². The lowest BCUT2D eigenvalue weighted by molar-refractivity contribution is 0.546. The third-order valence-electron chi connectivity index (χ3n) is 2.02. The highest BCUT2D eigenvalue weighted by molar-refractivity contribution is 4.98. The molecule has 0 saturated heterocycles. The molecular formula is C13H22. The molecule has 0 aromatic rings. The van der Waals surface area contributed by atoms with Crippen molar-refractivity contribution in [3.63, 3.8) is 0 Å². The molecule has 0 N–H and O–H groups in total. The quantitative estimate of drug-likeness (QED) is 0.415. The Bertz CT molecular complexity index is 180. The highest BCUT2D eigenvalue weighted by atomic mass is 14.0. The fourth-order valence-corrected chi connectivity index (χ4v) is 1.18.